The summed E-state index contributed by atoms with van der Waals surface area (Å²) in [6.45, 7) is 4.07. The number of hydrogen-bond acceptors (Lipinski definition) is 4. The number of benzene rings is 1. The zero-order valence-corrected chi connectivity index (χ0v) is 16.2. The average Bonchev–Trinajstić information content (AvgIpc) is 2.90. The van der Waals surface area contributed by atoms with Gasteiger partial charge in [-0.3, -0.25) is 4.79 Å². The maximum atomic E-state index is 14.2. The van der Waals surface area contributed by atoms with E-state index >= 15 is 0 Å². The highest BCUT2D eigenvalue weighted by atomic mass is 19.4. The maximum Gasteiger partial charge on any atom is 0.420 e. The molecule has 1 saturated heterocycles. The Balaban J connectivity index is 2.43. The first kappa shape index (κ1) is 21.7. The number of carbonyl (C=O) groups excluding carboxylic acids is 1. The van der Waals surface area contributed by atoms with Crippen LogP contribution in [0.15, 0.2) is 30.3 Å². The second-order valence-electron chi connectivity index (χ2n) is 7.22. The SMILES string of the molecule is CC[C@@](OCc1ccccc1)([C@@H]1OC(C)(C)O[C@H]1C(=O)N(C)C)C(F)(F)F. The van der Waals surface area contributed by atoms with E-state index in [4.69, 9.17) is 14.2 Å². The fourth-order valence-electron chi connectivity index (χ4n) is 3.15. The first-order chi connectivity index (χ1) is 12.4. The molecule has 3 atom stereocenters. The van der Waals surface area contributed by atoms with Gasteiger partial charge in [0.15, 0.2) is 17.5 Å². The van der Waals surface area contributed by atoms with Crippen LogP contribution in [0.3, 0.4) is 0 Å². The van der Waals surface area contributed by atoms with Crippen LogP contribution in [0.25, 0.3) is 0 Å². The largest absolute Gasteiger partial charge is 0.420 e. The molecule has 1 fully saturated rings. The molecule has 0 saturated carbocycles. The van der Waals surface area contributed by atoms with Gasteiger partial charge in [-0.1, -0.05) is 37.3 Å². The Morgan fingerprint density at radius 1 is 1.19 bits per heavy atom. The van der Waals surface area contributed by atoms with E-state index in [1.54, 1.807) is 30.3 Å². The third-order valence-electron chi connectivity index (χ3n) is 4.58. The number of carbonyl (C=O) groups is 1. The van der Waals surface area contributed by atoms with Gasteiger partial charge in [-0.15, -0.1) is 0 Å². The Bertz CT molecular complexity index is 648. The third kappa shape index (κ3) is 4.44. The molecule has 0 radical (unpaired) electrons. The molecule has 1 aliphatic rings. The number of hydrogen-bond donors (Lipinski definition) is 0. The highest BCUT2D eigenvalue weighted by Gasteiger charge is 2.67. The van der Waals surface area contributed by atoms with Crippen molar-refractivity contribution in [2.24, 2.45) is 0 Å². The van der Waals surface area contributed by atoms with Gasteiger partial charge in [-0.25, -0.2) is 0 Å². The summed E-state index contributed by atoms with van der Waals surface area (Å²) in [5.41, 5.74) is -2.10. The maximum absolute atomic E-state index is 14.2. The van der Waals surface area contributed by atoms with E-state index in [2.05, 4.69) is 0 Å². The van der Waals surface area contributed by atoms with Crippen LogP contribution in [0.1, 0.15) is 32.8 Å². The smallest absolute Gasteiger partial charge is 0.358 e. The molecule has 152 valence electrons. The molecular formula is C19H26F3NO4. The Kier molecular flexibility index (Phi) is 6.23. The minimum atomic E-state index is -4.77. The number of alkyl halides is 3. The average molecular weight is 389 g/mol. The topological polar surface area (TPSA) is 48.0 Å². The van der Waals surface area contributed by atoms with Crippen LogP contribution in [-0.2, 0) is 25.6 Å². The summed E-state index contributed by atoms with van der Waals surface area (Å²) in [6, 6.07) is 8.56. The number of halogens is 3. The van der Waals surface area contributed by atoms with E-state index in [0.29, 0.717) is 5.56 Å². The van der Waals surface area contributed by atoms with Gasteiger partial charge < -0.3 is 19.1 Å². The highest BCUT2D eigenvalue weighted by molar-refractivity contribution is 5.81. The zero-order valence-electron chi connectivity index (χ0n) is 16.2. The van der Waals surface area contributed by atoms with Crippen molar-refractivity contribution in [2.75, 3.05) is 14.1 Å². The van der Waals surface area contributed by atoms with Gasteiger partial charge in [0.25, 0.3) is 5.91 Å². The van der Waals surface area contributed by atoms with Crippen molar-refractivity contribution in [3.8, 4) is 0 Å². The second kappa shape index (κ2) is 7.77. The minimum Gasteiger partial charge on any atom is -0.358 e. The molecule has 5 nitrogen and oxygen atoms in total. The van der Waals surface area contributed by atoms with Crippen molar-refractivity contribution in [3.05, 3.63) is 35.9 Å². The quantitative estimate of drug-likeness (QED) is 0.747. The zero-order chi connectivity index (χ0) is 20.5. The molecule has 0 bridgehead atoms. The molecule has 8 heteroatoms. The van der Waals surface area contributed by atoms with Crippen molar-refractivity contribution in [1.82, 2.24) is 4.90 Å². The van der Waals surface area contributed by atoms with E-state index in [1.165, 1.54) is 39.8 Å². The summed E-state index contributed by atoms with van der Waals surface area (Å²) in [5, 5.41) is 0. The molecule has 1 aromatic rings. The van der Waals surface area contributed by atoms with E-state index < -0.39 is 42.1 Å². The number of likely N-dealkylation sites (N-methyl/N-ethyl adjacent to an activating group) is 1. The van der Waals surface area contributed by atoms with Crippen LogP contribution in [0.4, 0.5) is 13.2 Å². The highest BCUT2D eigenvalue weighted by Crippen LogP contribution is 2.47. The number of amides is 1. The lowest BCUT2D eigenvalue weighted by molar-refractivity contribution is -0.319. The van der Waals surface area contributed by atoms with Crippen molar-refractivity contribution in [1.29, 1.82) is 0 Å². The molecule has 1 aromatic carbocycles. The Morgan fingerprint density at radius 2 is 1.78 bits per heavy atom. The van der Waals surface area contributed by atoms with E-state index in [-0.39, 0.29) is 6.61 Å². The summed E-state index contributed by atoms with van der Waals surface area (Å²) < 4.78 is 59.3. The Morgan fingerprint density at radius 3 is 2.26 bits per heavy atom. The number of ether oxygens (including phenoxy) is 3. The lowest BCUT2D eigenvalue weighted by atomic mass is 9.88. The first-order valence-electron chi connectivity index (χ1n) is 8.75. The summed E-state index contributed by atoms with van der Waals surface area (Å²) in [5.74, 6) is -1.95. The minimum absolute atomic E-state index is 0.267. The van der Waals surface area contributed by atoms with Crippen molar-refractivity contribution < 1.29 is 32.2 Å². The van der Waals surface area contributed by atoms with Crippen LogP contribution in [-0.4, -0.2) is 54.7 Å². The normalized spacial score (nSPS) is 24.4. The molecular weight excluding hydrogens is 363 g/mol. The third-order valence-corrected chi connectivity index (χ3v) is 4.58. The van der Waals surface area contributed by atoms with E-state index in [1.807, 2.05) is 0 Å². The number of nitrogens with zero attached hydrogens (tertiary/aromatic N) is 1. The monoisotopic (exact) mass is 389 g/mol. The fourth-order valence-corrected chi connectivity index (χ4v) is 3.15. The first-order valence-corrected chi connectivity index (χ1v) is 8.75. The summed E-state index contributed by atoms with van der Waals surface area (Å²) in [7, 11) is 2.92. The Labute approximate surface area is 157 Å². The molecule has 1 heterocycles. The molecule has 0 unspecified atom stereocenters. The van der Waals surface area contributed by atoms with Gasteiger partial charge in [0.05, 0.1) is 6.61 Å². The lowest BCUT2D eigenvalue weighted by Gasteiger charge is -2.40. The molecule has 1 amide bonds. The Hall–Kier alpha value is -1.64. The van der Waals surface area contributed by atoms with Gasteiger partial charge in [-0.05, 0) is 25.8 Å². The molecule has 2 rings (SSSR count). The van der Waals surface area contributed by atoms with Crippen LogP contribution < -0.4 is 0 Å². The van der Waals surface area contributed by atoms with Gasteiger partial charge in [0.1, 0.15) is 6.10 Å². The fraction of sp³-hybridized carbons (Fsp3) is 0.632. The summed E-state index contributed by atoms with van der Waals surface area (Å²) >= 11 is 0. The van der Waals surface area contributed by atoms with Crippen molar-refractivity contribution in [3.63, 3.8) is 0 Å². The van der Waals surface area contributed by atoms with Crippen molar-refractivity contribution in [2.45, 2.75) is 63.6 Å². The molecule has 1 aliphatic heterocycles. The molecule has 0 spiro atoms. The molecule has 0 aliphatic carbocycles. The summed E-state index contributed by atoms with van der Waals surface area (Å²) in [4.78, 5) is 13.7. The van der Waals surface area contributed by atoms with Gasteiger partial charge in [0, 0.05) is 14.1 Å². The van der Waals surface area contributed by atoms with Crippen molar-refractivity contribution >= 4 is 5.91 Å². The van der Waals surface area contributed by atoms with Crippen LogP contribution >= 0.6 is 0 Å². The summed E-state index contributed by atoms with van der Waals surface area (Å²) in [6.07, 6.45) is -8.25. The van der Waals surface area contributed by atoms with Gasteiger partial charge >= 0.3 is 6.18 Å². The van der Waals surface area contributed by atoms with Crippen LogP contribution in [0.2, 0.25) is 0 Å². The van der Waals surface area contributed by atoms with E-state index in [0.717, 1.165) is 0 Å². The van der Waals surface area contributed by atoms with Crippen LogP contribution in [0, 0.1) is 0 Å². The van der Waals surface area contributed by atoms with Gasteiger partial charge in [0.2, 0.25) is 0 Å². The predicted octanol–water partition coefficient (Wildman–Crippen LogP) is 3.52. The molecule has 0 N–H and O–H groups in total. The second-order valence-corrected chi connectivity index (χ2v) is 7.22. The van der Waals surface area contributed by atoms with E-state index in [9.17, 15) is 18.0 Å². The lowest BCUT2D eigenvalue weighted by Crippen LogP contribution is -2.61. The molecule has 0 aromatic heterocycles. The number of rotatable bonds is 6. The van der Waals surface area contributed by atoms with Gasteiger partial charge in [-0.2, -0.15) is 13.2 Å². The van der Waals surface area contributed by atoms with Crippen LogP contribution in [0.5, 0.6) is 0 Å². The predicted molar refractivity (Wildman–Crippen MR) is 92.8 cm³/mol. The standard InChI is InChI=1S/C19H26F3NO4/c1-6-18(19(20,21)22,25-12-13-10-8-7-9-11-13)15-14(16(24)23(4)5)26-17(2,3)27-15/h7-11,14-15H,6,12H2,1-5H3/t14-,15-,18-/m1/s1. The molecule has 27 heavy (non-hydrogen) atoms.